The molecule has 7 nitrogen and oxygen atoms in total. The Hall–Kier alpha value is -3.35. The summed E-state index contributed by atoms with van der Waals surface area (Å²) in [7, 11) is 0. The molecule has 0 aromatic heterocycles. The van der Waals surface area contributed by atoms with Crippen molar-refractivity contribution in [2.75, 3.05) is 6.61 Å². The Labute approximate surface area is 200 Å². The predicted octanol–water partition coefficient (Wildman–Crippen LogP) is 4.84. The first kappa shape index (κ1) is 25.3. The van der Waals surface area contributed by atoms with Crippen LogP contribution in [-0.4, -0.2) is 41.3 Å². The van der Waals surface area contributed by atoms with Gasteiger partial charge in [-0.05, 0) is 42.0 Å². The molecule has 0 aliphatic heterocycles. The van der Waals surface area contributed by atoms with Crippen molar-refractivity contribution < 1.29 is 24.2 Å². The number of hydrogen-bond acceptors (Lipinski definition) is 4. The molecule has 2 aromatic rings. The first-order valence-electron chi connectivity index (χ1n) is 11.9. The van der Waals surface area contributed by atoms with Crippen LogP contribution in [0, 0.1) is 0 Å². The monoisotopic (exact) mass is 466 g/mol. The number of alkyl carbamates (subject to hydrolysis) is 1. The molecule has 0 radical (unpaired) electrons. The number of amides is 2. The van der Waals surface area contributed by atoms with Crippen molar-refractivity contribution in [1.29, 1.82) is 0 Å². The molecule has 0 saturated carbocycles. The van der Waals surface area contributed by atoms with E-state index < -0.39 is 29.6 Å². The maximum atomic E-state index is 12.7. The fourth-order valence-electron chi connectivity index (χ4n) is 4.36. The largest absolute Gasteiger partial charge is 0.480 e. The Morgan fingerprint density at radius 3 is 2.15 bits per heavy atom. The molecule has 0 spiro atoms. The van der Waals surface area contributed by atoms with Crippen molar-refractivity contribution in [2.45, 2.75) is 70.4 Å². The number of carboxylic acids is 1. The summed E-state index contributed by atoms with van der Waals surface area (Å²) in [5, 5.41) is 14.8. The Kier molecular flexibility index (Phi) is 8.31. The highest BCUT2D eigenvalue weighted by Gasteiger charge is 2.33. The number of hydrogen-bond donors (Lipinski definition) is 3. The molecule has 1 unspecified atom stereocenters. The quantitative estimate of drug-likeness (QED) is 0.439. The molecule has 2 amide bonds. The van der Waals surface area contributed by atoms with Gasteiger partial charge in [-0.15, -0.1) is 0 Å². The third-order valence-corrected chi connectivity index (χ3v) is 6.60. The zero-order valence-corrected chi connectivity index (χ0v) is 20.1. The van der Waals surface area contributed by atoms with E-state index in [2.05, 4.69) is 34.9 Å². The van der Waals surface area contributed by atoms with Crippen LogP contribution in [-0.2, 0) is 14.3 Å². The Morgan fingerprint density at radius 2 is 1.62 bits per heavy atom. The average molecular weight is 467 g/mol. The minimum Gasteiger partial charge on any atom is -0.480 e. The van der Waals surface area contributed by atoms with Crippen LogP contribution in [0.3, 0.4) is 0 Å². The van der Waals surface area contributed by atoms with Crippen LogP contribution >= 0.6 is 0 Å². The summed E-state index contributed by atoms with van der Waals surface area (Å²) in [5.41, 5.74) is 3.23. The lowest BCUT2D eigenvalue weighted by atomic mass is 9.98. The molecular weight excluding hydrogens is 432 g/mol. The molecular formula is C27H34N2O5. The number of carbonyl (C=O) groups excluding carboxylic acids is 2. The van der Waals surface area contributed by atoms with Crippen LogP contribution in [0.15, 0.2) is 48.5 Å². The second kappa shape index (κ2) is 11.2. The third kappa shape index (κ3) is 5.76. The summed E-state index contributed by atoms with van der Waals surface area (Å²) >= 11 is 0. The highest BCUT2D eigenvalue weighted by Crippen LogP contribution is 2.44. The van der Waals surface area contributed by atoms with E-state index in [0.717, 1.165) is 35.1 Å². The molecule has 1 aliphatic carbocycles. The van der Waals surface area contributed by atoms with E-state index in [1.165, 1.54) is 6.92 Å². The van der Waals surface area contributed by atoms with Gasteiger partial charge in [-0.2, -0.15) is 0 Å². The molecule has 0 fully saturated rings. The highest BCUT2D eigenvalue weighted by molar-refractivity contribution is 5.87. The fraction of sp³-hybridized carbons (Fsp3) is 0.444. The maximum Gasteiger partial charge on any atom is 0.407 e. The molecule has 3 N–H and O–H groups in total. The van der Waals surface area contributed by atoms with Gasteiger partial charge in [-0.25, -0.2) is 9.59 Å². The number of aliphatic carboxylic acids is 1. The number of carboxylic acid groups (broad SMARTS) is 1. The minimum atomic E-state index is -1.34. The summed E-state index contributed by atoms with van der Waals surface area (Å²) in [6.07, 6.45) is 2.01. The molecule has 2 aromatic carbocycles. The topological polar surface area (TPSA) is 105 Å². The number of fused-ring (bicyclic) bond motifs is 3. The molecule has 34 heavy (non-hydrogen) atoms. The summed E-state index contributed by atoms with van der Waals surface area (Å²) < 4.78 is 5.62. The average Bonchev–Trinajstić information content (AvgIpc) is 3.14. The summed E-state index contributed by atoms with van der Waals surface area (Å²) in [6.45, 7) is 5.41. The van der Waals surface area contributed by atoms with Gasteiger partial charge < -0.3 is 20.5 Å². The lowest BCUT2D eigenvalue weighted by Gasteiger charge is -2.26. The van der Waals surface area contributed by atoms with E-state index in [1.54, 1.807) is 6.92 Å². The maximum absolute atomic E-state index is 12.7. The summed E-state index contributed by atoms with van der Waals surface area (Å²) in [5.74, 6) is -1.54. The number of unbranched alkanes of at least 4 members (excludes halogenated alkanes) is 1. The lowest BCUT2D eigenvalue weighted by Crippen LogP contribution is -2.53. The standard InChI is InChI=1S/C27H34N2O5/c1-4-6-11-18(16-24(30)29-27(3,5-2)25(31)32)28-26(33)34-17-23-21-14-9-7-12-19(21)20-13-8-10-15-22(20)23/h7-10,12-15,18,23H,4-6,11,16-17H2,1-3H3,(H,28,33)(H,29,30)(H,31,32)/t18-,27?/m0/s1. The SMILES string of the molecule is CCCC[C@@H](CC(=O)NC(C)(CC)C(=O)O)NC(=O)OCC1c2ccccc2-c2ccccc21. The van der Waals surface area contributed by atoms with Crippen LogP contribution in [0.2, 0.25) is 0 Å². The van der Waals surface area contributed by atoms with Crippen LogP contribution < -0.4 is 10.6 Å². The number of benzene rings is 2. The van der Waals surface area contributed by atoms with Crippen LogP contribution in [0.4, 0.5) is 4.79 Å². The molecule has 2 atom stereocenters. The smallest absolute Gasteiger partial charge is 0.407 e. The van der Waals surface area contributed by atoms with Gasteiger partial charge in [0.2, 0.25) is 5.91 Å². The van der Waals surface area contributed by atoms with E-state index in [4.69, 9.17) is 4.74 Å². The molecule has 0 bridgehead atoms. The molecule has 182 valence electrons. The Morgan fingerprint density at radius 1 is 1.03 bits per heavy atom. The van der Waals surface area contributed by atoms with Crippen LogP contribution in [0.5, 0.6) is 0 Å². The second-order valence-electron chi connectivity index (χ2n) is 9.05. The van der Waals surface area contributed by atoms with E-state index in [1.807, 2.05) is 31.2 Å². The summed E-state index contributed by atoms with van der Waals surface area (Å²) in [6, 6.07) is 15.8. The summed E-state index contributed by atoms with van der Waals surface area (Å²) in [4.78, 5) is 36.7. The lowest BCUT2D eigenvalue weighted by molar-refractivity contribution is -0.147. The first-order valence-corrected chi connectivity index (χ1v) is 11.9. The Balaban J connectivity index is 1.62. The Bertz CT molecular complexity index is 992. The van der Waals surface area contributed by atoms with Crippen molar-refractivity contribution in [3.05, 3.63) is 59.7 Å². The van der Waals surface area contributed by atoms with Gasteiger partial charge in [0.25, 0.3) is 0 Å². The van der Waals surface area contributed by atoms with Gasteiger partial charge >= 0.3 is 12.1 Å². The van der Waals surface area contributed by atoms with E-state index in [0.29, 0.717) is 6.42 Å². The molecule has 1 aliphatic rings. The molecule has 0 heterocycles. The van der Waals surface area contributed by atoms with Crippen molar-refractivity contribution in [3.8, 4) is 11.1 Å². The van der Waals surface area contributed by atoms with Gasteiger partial charge in [0.15, 0.2) is 0 Å². The van der Waals surface area contributed by atoms with Crippen molar-refractivity contribution in [2.24, 2.45) is 0 Å². The van der Waals surface area contributed by atoms with Gasteiger partial charge in [-0.1, -0.05) is 75.2 Å². The number of rotatable bonds is 11. The third-order valence-electron chi connectivity index (χ3n) is 6.60. The van der Waals surface area contributed by atoms with E-state index in [-0.39, 0.29) is 25.4 Å². The van der Waals surface area contributed by atoms with Gasteiger partial charge in [0, 0.05) is 18.4 Å². The fourth-order valence-corrected chi connectivity index (χ4v) is 4.36. The van der Waals surface area contributed by atoms with Crippen LogP contribution in [0.25, 0.3) is 11.1 Å². The van der Waals surface area contributed by atoms with Crippen molar-refractivity contribution in [1.82, 2.24) is 10.6 Å². The minimum absolute atomic E-state index is 0.00688. The van der Waals surface area contributed by atoms with Crippen molar-refractivity contribution >= 4 is 18.0 Å². The van der Waals surface area contributed by atoms with Crippen molar-refractivity contribution in [3.63, 3.8) is 0 Å². The number of nitrogens with one attached hydrogen (secondary N) is 2. The second-order valence-corrected chi connectivity index (χ2v) is 9.05. The van der Waals surface area contributed by atoms with E-state index >= 15 is 0 Å². The predicted molar refractivity (Wildman–Crippen MR) is 131 cm³/mol. The number of ether oxygens (including phenoxy) is 1. The van der Waals surface area contributed by atoms with Crippen LogP contribution in [0.1, 0.15) is 69.9 Å². The first-order chi connectivity index (χ1) is 16.3. The zero-order valence-electron chi connectivity index (χ0n) is 20.1. The van der Waals surface area contributed by atoms with Gasteiger partial charge in [0.1, 0.15) is 12.1 Å². The molecule has 0 saturated heterocycles. The zero-order chi connectivity index (χ0) is 24.7. The van der Waals surface area contributed by atoms with Gasteiger partial charge in [0.05, 0.1) is 0 Å². The highest BCUT2D eigenvalue weighted by atomic mass is 16.5. The molecule has 7 heteroatoms. The number of carbonyl (C=O) groups is 3. The normalized spacial score (nSPS) is 14.9. The van der Waals surface area contributed by atoms with Gasteiger partial charge in [-0.3, -0.25) is 4.79 Å². The van der Waals surface area contributed by atoms with E-state index in [9.17, 15) is 19.5 Å². The molecule has 3 rings (SSSR count).